The molecule has 136 valence electrons. The summed E-state index contributed by atoms with van der Waals surface area (Å²) in [6, 6.07) is 0. The zero-order valence-corrected chi connectivity index (χ0v) is 14.2. The second kappa shape index (κ2) is 5.89. The Morgan fingerprint density at radius 2 is 1.38 bits per heavy atom. The third-order valence-corrected chi connectivity index (χ3v) is 6.39. The molecule has 6 heteroatoms. The number of hydrogen-bond donors (Lipinski definition) is 1. The molecule has 5 rings (SSSR count). The van der Waals surface area contributed by atoms with Crippen LogP contribution in [0.4, 0.5) is 0 Å². The van der Waals surface area contributed by atoms with E-state index in [1.54, 1.807) is 0 Å². The van der Waals surface area contributed by atoms with Crippen molar-refractivity contribution in [2.45, 2.75) is 106 Å². The molecule has 0 bridgehead atoms. The lowest BCUT2D eigenvalue weighted by Gasteiger charge is -2.34. The second-order valence-electron chi connectivity index (χ2n) is 8.07. The van der Waals surface area contributed by atoms with Gasteiger partial charge in [-0.15, -0.1) is 0 Å². The average Bonchev–Trinajstić information content (AvgIpc) is 3.23. The van der Waals surface area contributed by atoms with Gasteiger partial charge in [0.25, 0.3) is 0 Å². The summed E-state index contributed by atoms with van der Waals surface area (Å²) < 4.78 is 30.5. The van der Waals surface area contributed by atoms with Gasteiger partial charge >= 0.3 is 0 Å². The number of hydrogen-bond acceptors (Lipinski definition) is 6. The molecule has 0 aromatic carbocycles. The van der Waals surface area contributed by atoms with Crippen molar-refractivity contribution in [1.29, 1.82) is 0 Å². The predicted octanol–water partition coefficient (Wildman–Crippen LogP) is 2.22. The van der Waals surface area contributed by atoms with E-state index in [1.165, 1.54) is 12.8 Å². The molecular weight excluding hydrogens is 312 g/mol. The van der Waals surface area contributed by atoms with Crippen molar-refractivity contribution in [3.05, 3.63) is 0 Å². The number of fused-ring (bicyclic) bond motifs is 1. The van der Waals surface area contributed by atoms with E-state index in [4.69, 9.17) is 23.7 Å². The lowest BCUT2D eigenvalue weighted by Crippen LogP contribution is -2.44. The van der Waals surface area contributed by atoms with Crippen LogP contribution in [0.5, 0.6) is 0 Å². The maximum atomic E-state index is 10.8. The molecule has 0 aromatic rings. The first-order valence-corrected chi connectivity index (χ1v) is 9.70. The molecule has 0 unspecified atom stereocenters. The van der Waals surface area contributed by atoms with Crippen LogP contribution in [0.25, 0.3) is 0 Å². The molecule has 1 N–H and O–H groups in total. The Morgan fingerprint density at radius 1 is 0.708 bits per heavy atom. The van der Waals surface area contributed by atoms with Gasteiger partial charge < -0.3 is 28.8 Å². The lowest BCUT2D eigenvalue weighted by atomic mass is 9.94. The van der Waals surface area contributed by atoms with Gasteiger partial charge in [-0.25, -0.2) is 0 Å². The molecule has 2 spiro atoms. The van der Waals surface area contributed by atoms with Crippen LogP contribution in [-0.4, -0.2) is 54.0 Å². The molecule has 0 aromatic heterocycles. The highest BCUT2D eigenvalue weighted by atomic mass is 16.8. The third kappa shape index (κ3) is 2.54. The van der Waals surface area contributed by atoms with Crippen LogP contribution in [0.1, 0.15) is 64.2 Å². The van der Waals surface area contributed by atoms with E-state index in [2.05, 4.69) is 0 Å². The molecule has 2 saturated carbocycles. The molecule has 24 heavy (non-hydrogen) atoms. The van der Waals surface area contributed by atoms with Gasteiger partial charge in [0, 0.05) is 25.7 Å². The smallest absolute Gasteiger partial charge is 0.190 e. The van der Waals surface area contributed by atoms with Gasteiger partial charge in [0.15, 0.2) is 17.9 Å². The average molecular weight is 340 g/mol. The molecular formula is C18H28O6. The molecule has 5 atom stereocenters. The molecule has 5 fully saturated rings. The minimum Gasteiger partial charge on any atom is -0.387 e. The summed E-state index contributed by atoms with van der Waals surface area (Å²) in [6.45, 7) is 0.478. The monoisotopic (exact) mass is 340 g/mol. The molecule has 0 radical (unpaired) electrons. The number of aliphatic hydroxyl groups is 1. The van der Waals surface area contributed by atoms with E-state index in [0.29, 0.717) is 6.61 Å². The number of rotatable bonds is 1. The first-order chi connectivity index (χ1) is 11.7. The van der Waals surface area contributed by atoms with Gasteiger partial charge in [0.05, 0.1) is 6.61 Å². The van der Waals surface area contributed by atoms with Crippen LogP contribution in [-0.2, 0) is 23.7 Å². The minimum absolute atomic E-state index is 0.238. The third-order valence-electron chi connectivity index (χ3n) is 6.39. The largest absolute Gasteiger partial charge is 0.387 e. The maximum Gasteiger partial charge on any atom is 0.190 e. The van der Waals surface area contributed by atoms with E-state index in [1.807, 2.05) is 0 Å². The molecule has 6 nitrogen and oxygen atoms in total. The van der Waals surface area contributed by atoms with Crippen LogP contribution < -0.4 is 0 Å². The Labute approximate surface area is 142 Å². The summed E-state index contributed by atoms with van der Waals surface area (Å²) in [5.41, 5.74) is 0. The van der Waals surface area contributed by atoms with Crippen molar-refractivity contribution in [3.8, 4) is 0 Å². The Hall–Kier alpha value is -0.240. The van der Waals surface area contributed by atoms with Gasteiger partial charge in [-0.3, -0.25) is 0 Å². The van der Waals surface area contributed by atoms with E-state index in [0.717, 1.165) is 51.4 Å². The molecule has 0 amide bonds. The lowest BCUT2D eigenvalue weighted by molar-refractivity contribution is -0.259. The molecule has 3 saturated heterocycles. The van der Waals surface area contributed by atoms with E-state index >= 15 is 0 Å². The quantitative estimate of drug-likeness (QED) is 0.789. The van der Waals surface area contributed by atoms with Crippen molar-refractivity contribution in [2.24, 2.45) is 0 Å². The van der Waals surface area contributed by atoms with Crippen LogP contribution in [0, 0.1) is 0 Å². The highest BCUT2D eigenvalue weighted by Gasteiger charge is 2.60. The van der Waals surface area contributed by atoms with Gasteiger partial charge in [-0.2, -0.15) is 0 Å². The Balaban J connectivity index is 1.24. The molecule has 5 aliphatic rings. The predicted molar refractivity (Wildman–Crippen MR) is 83.1 cm³/mol. The standard InChI is InChI=1S/C18H28O6/c19-13-14(12-11-20-17(22-12)7-3-1-4-8-17)21-16-15(13)23-18(24-16)9-5-2-6-10-18/h12-16,19H,1-11H2/t12-,13+,14-,15-,16+/m0/s1. The summed E-state index contributed by atoms with van der Waals surface area (Å²) in [5.74, 6) is -0.979. The van der Waals surface area contributed by atoms with Crippen LogP contribution in [0.3, 0.4) is 0 Å². The Morgan fingerprint density at radius 3 is 2.04 bits per heavy atom. The fourth-order valence-electron chi connectivity index (χ4n) is 5.09. The van der Waals surface area contributed by atoms with Gasteiger partial charge in [0.1, 0.15) is 24.4 Å². The first-order valence-electron chi connectivity index (χ1n) is 9.70. The van der Waals surface area contributed by atoms with Crippen molar-refractivity contribution >= 4 is 0 Å². The SMILES string of the molecule is O[C@H]1[C@@H]2OC3(CCCCC3)O[C@H]2O[C@H]1[C@@H]1COC2(CCCCC2)O1. The molecule has 2 aliphatic carbocycles. The number of aliphatic hydroxyl groups excluding tert-OH is 1. The maximum absolute atomic E-state index is 10.8. The van der Waals surface area contributed by atoms with Crippen molar-refractivity contribution in [3.63, 3.8) is 0 Å². The van der Waals surface area contributed by atoms with E-state index in [9.17, 15) is 5.11 Å². The van der Waals surface area contributed by atoms with Gasteiger partial charge in [0.2, 0.25) is 0 Å². The second-order valence-corrected chi connectivity index (χ2v) is 8.07. The Bertz CT molecular complexity index is 470. The normalized spacial score (nSPS) is 46.6. The topological polar surface area (TPSA) is 66.4 Å². The Kier molecular flexibility index (Phi) is 3.92. The van der Waals surface area contributed by atoms with Gasteiger partial charge in [-0.05, 0) is 25.7 Å². The highest BCUT2D eigenvalue weighted by Crippen LogP contribution is 2.47. The zero-order valence-electron chi connectivity index (χ0n) is 14.2. The van der Waals surface area contributed by atoms with Crippen LogP contribution in [0.2, 0.25) is 0 Å². The molecule has 3 aliphatic heterocycles. The van der Waals surface area contributed by atoms with E-state index in [-0.39, 0.29) is 6.10 Å². The fraction of sp³-hybridized carbons (Fsp3) is 1.00. The summed E-state index contributed by atoms with van der Waals surface area (Å²) in [7, 11) is 0. The first kappa shape index (κ1) is 16.0. The van der Waals surface area contributed by atoms with Crippen molar-refractivity contribution in [2.75, 3.05) is 6.61 Å². The van der Waals surface area contributed by atoms with E-state index < -0.39 is 36.2 Å². The summed E-state index contributed by atoms with van der Waals surface area (Å²) >= 11 is 0. The molecule has 3 heterocycles. The zero-order chi connectivity index (χ0) is 16.2. The summed E-state index contributed by atoms with van der Waals surface area (Å²) in [6.07, 6.45) is 8.38. The highest BCUT2D eigenvalue weighted by molar-refractivity contribution is 5.00. The van der Waals surface area contributed by atoms with Crippen LogP contribution in [0.15, 0.2) is 0 Å². The summed E-state index contributed by atoms with van der Waals surface area (Å²) in [5, 5.41) is 10.8. The fourth-order valence-corrected chi connectivity index (χ4v) is 5.09. The van der Waals surface area contributed by atoms with Crippen LogP contribution >= 0.6 is 0 Å². The van der Waals surface area contributed by atoms with Crippen molar-refractivity contribution < 1.29 is 28.8 Å². The van der Waals surface area contributed by atoms with Gasteiger partial charge in [-0.1, -0.05) is 12.8 Å². The minimum atomic E-state index is -0.719. The summed E-state index contributed by atoms with van der Waals surface area (Å²) in [4.78, 5) is 0. The number of ether oxygens (including phenoxy) is 5. The van der Waals surface area contributed by atoms with Crippen molar-refractivity contribution in [1.82, 2.24) is 0 Å².